The zero-order valence-corrected chi connectivity index (χ0v) is 14.0. The van der Waals surface area contributed by atoms with E-state index in [1.165, 1.54) is 0 Å². The van der Waals surface area contributed by atoms with Crippen LogP contribution in [0, 0.1) is 3.57 Å². The van der Waals surface area contributed by atoms with Crippen LogP contribution >= 0.6 is 50.1 Å². The Hall–Kier alpha value is 0.190. The van der Waals surface area contributed by atoms with Gasteiger partial charge in [-0.2, -0.15) is 0 Å². The third-order valence-electron chi connectivity index (χ3n) is 2.39. The van der Waals surface area contributed by atoms with Crippen LogP contribution in [0.1, 0.15) is 23.7 Å². The van der Waals surface area contributed by atoms with E-state index >= 15 is 0 Å². The summed E-state index contributed by atoms with van der Waals surface area (Å²) in [5.74, 6) is 0.639. The first-order valence-corrected chi connectivity index (χ1v) is 7.81. The Balaban J connectivity index is 2.89. The second-order valence-corrected chi connectivity index (χ2v) is 6.03. The molecule has 2 nitrogen and oxygen atoms in total. The minimum Gasteiger partial charge on any atom is -0.339 e. The van der Waals surface area contributed by atoms with Crippen LogP contribution in [-0.2, 0) is 0 Å². The molecular formula is C12H14BrClINO. The summed E-state index contributed by atoms with van der Waals surface area (Å²) in [6.07, 6.45) is 0.822. The number of rotatable bonds is 5. The molecule has 0 heterocycles. The zero-order valence-electron chi connectivity index (χ0n) is 9.55. The predicted octanol–water partition coefficient (Wildman–Crippen LogP) is 4.14. The number of nitrogens with zero attached hydrogens (tertiary/aromatic N) is 1. The van der Waals surface area contributed by atoms with E-state index < -0.39 is 0 Å². The van der Waals surface area contributed by atoms with Gasteiger partial charge in [0.15, 0.2) is 0 Å². The molecule has 1 rings (SSSR count). The SMILES string of the molecule is CCN(CCCCl)C(=O)c1cc(I)ccc1Br. The summed E-state index contributed by atoms with van der Waals surface area (Å²) >= 11 is 11.3. The normalized spacial score (nSPS) is 10.4. The number of halogens is 3. The summed E-state index contributed by atoms with van der Waals surface area (Å²) in [7, 11) is 0. The topological polar surface area (TPSA) is 20.3 Å². The predicted molar refractivity (Wildman–Crippen MR) is 83.8 cm³/mol. The highest BCUT2D eigenvalue weighted by Gasteiger charge is 2.16. The van der Waals surface area contributed by atoms with E-state index in [0.29, 0.717) is 24.5 Å². The Morgan fingerprint density at radius 1 is 1.53 bits per heavy atom. The largest absolute Gasteiger partial charge is 0.339 e. The smallest absolute Gasteiger partial charge is 0.255 e. The molecule has 0 saturated heterocycles. The molecule has 0 aliphatic carbocycles. The van der Waals surface area contributed by atoms with Crippen LogP contribution in [0.2, 0.25) is 0 Å². The van der Waals surface area contributed by atoms with Gasteiger partial charge in [0.2, 0.25) is 0 Å². The molecule has 5 heteroatoms. The fourth-order valence-electron chi connectivity index (χ4n) is 1.49. The van der Waals surface area contributed by atoms with Gasteiger partial charge in [0.25, 0.3) is 5.91 Å². The first-order valence-electron chi connectivity index (χ1n) is 5.40. The van der Waals surface area contributed by atoms with Crippen LogP contribution in [-0.4, -0.2) is 29.8 Å². The van der Waals surface area contributed by atoms with Gasteiger partial charge in [-0.3, -0.25) is 4.79 Å². The van der Waals surface area contributed by atoms with E-state index in [2.05, 4.69) is 38.5 Å². The number of hydrogen-bond acceptors (Lipinski definition) is 1. The van der Waals surface area contributed by atoms with Crippen molar-refractivity contribution in [3.05, 3.63) is 31.8 Å². The van der Waals surface area contributed by atoms with Crippen molar-refractivity contribution in [3.63, 3.8) is 0 Å². The molecule has 0 aromatic heterocycles. The summed E-state index contributed by atoms with van der Waals surface area (Å²) in [6.45, 7) is 3.39. The van der Waals surface area contributed by atoms with Crippen LogP contribution in [0.15, 0.2) is 22.7 Å². The van der Waals surface area contributed by atoms with Crippen molar-refractivity contribution in [3.8, 4) is 0 Å². The van der Waals surface area contributed by atoms with Gasteiger partial charge in [-0.25, -0.2) is 0 Å². The van der Waals surface area contributed by atoms with Crippen LogP contribution in [0.25, 0.3) is 0 Å². The van der Waals surface area contributed by atoms with Crippen LogP contribution < -0.4 is 0 Å². The zero-order chi connectivity index (χ0) is 12.8. The maximum Gasteiger partial charge on any atom is 0.255 e. The summed E-state index contributed by atoms with van der Waals surface area (Å²) in [6, 6.07) is 5.78. The van der Waals surface area contributed by atoms with E-state index in [0.717, 1.165) is 14.5 Å². The molecule has 1 aromatic rings. The van der Waals surface area contributed by atoms with Gasteiger partial charge in [-0.05, 0) is 70.1 Å². The average molecular weight is 431 g/mol. The van der Waals surface area contributed by atoms with Crippen LogP contribution in [0.4, 0.5) is 0 Å². The molecule has 0 saturated carbocycles. The maximum atomic E-state index is 12.3. The number of alkyl halides is 1. The lowest BCUT2D eigenvalue weighted by molar-refractivity contribution is 0.0764. The lowest BCUT2D eigenvalue weighted by Crippen LogP contribution is -2.32. The average Bonchev–Trinajstić information content (AvgIpc) is 2.33. The first-order chi connectivity index (χ1) is 8.10. The van der Waals surface area contributed by atoms with E-state index in [4.69, 9.17) is 11.6 Å². The fourth-order valence-corrected chi connectivity index (χ4v) is 2.51. The van der Waals surface area contributed by atoms with Crippen molar-refractivity contribution >= 4 is 56.0 Å². The monoisotopic (exact) mass is 429 g/mol. The minimum atomic E-state index is 0.0583. The van der Waals surface area contributed by atoms with E-state index in [-0.39, 0.29) is 5.91 Å². The molecule has 17 heavy (non-hydrogen) atoms. The number of benzene rings is 1. The molecule has 0 spiro atoms. The Morgan fingerprint density at radius 3 is 2.82 bits per heavy atom. The number of amides is 1. The summed E-state index contributed by atoms with van der Waals surface area (Å²) in [5.41, 5.74) is 0.716. The molecular weight excluding hydrogens is 416 g/mol. The molecule has 1 aromatic carbocycles. The van der Waals surface area contributed by atoms with Crippen LogP contribution in [0.5, 0.6) is 0 Å². The fraction of sp³-hybridized carbons (Fsp3) is 0.417. The van der Waals surface area contributed by atoms with Gasteiger partial charge in [0, 0.05) is 27.0 Å². The maximum absolute atomic E-state index is 12.3. The number of carbonyl (C=O) groups is 1. The highest BCUT2D eigenvalue weighted by atomic mass is 127. The van der Waals surface area contributed by atoms with Crippen molar-refractivity contribution in [2.24, 2.45) is 0 Å². The molecule has 94 valence electrons. The van der Waals surface area contributed by atoms with Crippen LogP contribution in [0.3, 0.4) is 0 Å². The van der Waals surface area contributed by atoms with Gasteiger partial charge in [-0.15, -0.1) is 11.6 Å². The number of carbonyl (C=O) groups excluding carboxylic acids is 1. The molecule has 0 aliphatic rings. The second-order valence-electron chi connectivity index (χ2n) is 3.55. The lowest BCUT2D eigenvalue weighted by atomic mass is 10.2. The lowest BCUT2D eigenvalue weighted by Gasteiger charge is -2.21. The highest BCUT2D eigenvalue weighted by Crippen LogP contribution is 2.21. The van der Waals surface area contributed by atoms with Crippen molar-refractivity contribution in [2.75, 3.05) is 19.0 Å². The first kappa shape index (κ1) is 15.2. The number of hydrogen-bond donors (Lipinski definition) is 0. The van der Waals surface area contributed by atoms with Crippen molar-refractivity contribution < 1.29 is 4.79 Å². The third kappa shape index (κ3) is 4.41. The van der Waals surface area contributed by atoms with E-state index in [9.17, 15) is 4.79 Å². The Morgan fingerprint density at radius 2 is 2.24 bits per heavy atom. The summed E-state index contributed by atoms with van der Waals surface area (Å²) in [4.78, 5) is 14.1. The minimum absolute atomic E-state index is 0.0583. The summed E-state index contributed by atoms with van der Waals surface area (Å²) in [5, 5.41) is 0. The Bertz CT molecular complexity index is 400. The Labute approximate surface area is 129 Å². The molecule has 0 N–H and O–H groups in total. The van der Waals surface area contributed by atoms with Crippen molar-refractivity contribution in [1.29, 1.82) is 0 Å². The molecule has 0 unspecified atom stereocenters. The Kier molecular flexibility index (Phi) is 6.80. The quantitative estimate of drug-likeness (QED) is 0.508. The molecule has 0 bridgehead atoms. The molecule has 0 radical (unpaired) electrons. The molecule has 1 amide bonds. The molecule has 0 atom stereocenters. The van der Waals surface area contributed by atoms with E-state index in [1.54, 1.807) is 0 Å². The van der Waals surface area contributed by atoms with E-state index in [1.807, 2.05) is 30.0 Å². The van der Waals surface area contributed by atoms with Crippen molar-refractivity contribution in [1.82, 2.24) is 4.90 Å². The molecule has 0 aliphatic heterocycles. The highest BCUT2D eigenvalue weighted by molar-refractivity contribution is 14.1. The van der Waals surface area contributed by atoms with Gasteiger partial charge >= 0.3 is 0 Å². The van der Waals surface area contributed by atoms with Gasteiger partial charge < -0.3 is 4.90 Å². The standard InChI is InChI=1S/C12H14BrClINO/c1-2-16(7-3-6-14)12(17)10-8-9(15)4-5-11(10)13/h4-5,8H,2-3,6-7H2,1H3. The van der Waals surface area contributed by atoms with Gasteiger partial charge in [0.05, 0.1) is 5.56 Å². The third-order valence-corrected chi connectivity index (χ3v) is 4.02. The summed E-state index contributed by atoms with van der Waals surface area (Å²) < 4.78 is 1.90. The second kappa shape index (κ2) is 7.59. The van der Waals surface area contributed by atoms with Gasteiger partial charge in [0.1, 0.15) is 0 Å². The van der Waals surface area contributed by atoms with Gasteiger partial charge in [-0.1, -0.05) is 0 Å². The van der Waals surface area contributed by atoms with Crippen molar-refractivity contribution in [2.45, 2.75) is 13.3 Å². The molecule has 0 fully saturated rings.